The van der Waals surface area contributed by atoms with Crippen LogP contribution < -0.4 is 16.6 Å². The first-order valence-corrected chi connectivity index (χ1v) is 10.0. The van der Waals surface area contributed by atoms with Gasteiger partial charge < -0.3 is 16.0 Å². The molecule has 0 saturated carbocycles. The van der Waals surface area contributed by atoms with E-state index in [1.807, 2.05) is 12.1 Å². The number of amides is 1. The van der Waals surface area contributed by atoms with Crippen molar-refractivity contribution in [1.82, 2.24) is 9.97 Å². The van der Waals surface area contributed by atoms with Gasteiger partial charge >= 0.3 is 0 Å². The first-order chi connectivity index (χ1) is 10.3. The molecular weight excluding hydrogens is 645 g/mol. The summed E-state index contributed by atoms with van der Waals surface area (Å²) < 4.78 is 3.06. The van der Waals surface area contributed by atoms with Crippen LogP contribution in [0.25, 0.3) is 0 Å². The Balaban J connectivity index is 2.03. The van der Waals surface area contributed by atoms with Crippen LogP contribution in [0.15, 0.2) is 28.2 Å². The lowest BCUT2D eigenvalue weighted by Gasteiger charge is -2.10. The molecule has 6 nitrogen and oxygen atoms in total. The Morgan fingerprint density at radius 2 is 1.91 bits per heavy atom. The molecular formula is C12H9I3N4O2S. The summed E-state index contributed by atoms with van der Waals surface area (Å²) in [5, 5.41) is 3.20. The molecule has 0 aliphatic carbocycles. The number of carbonyl (C=O) groups excluding carboxylic acids is 1. The van der Waals surface area contributed by atoms with Crippen LogP contribution in [0, 0.1) is 10.7 Å². The van der Waals surface area contributed by atoms with E-state index < -0.39 is 0 Å². The normalized spacial score (nSPS) is 10.5. The molecule has 22 heavy (non-hydrogen) atoms. The summed E-state index contributed by atoms with van der Waals surface area (Å²) in [5.41, 5.74) is 5.95. The second-order valence-corrected chi connectivity index (χ2v) is 8.59. The highest BCUT2D eigenvalue weighted by Gasteiger charge is 2.11. The van der Waals surface area contributed by atoms with Crippen LogP contribution in [-0.2, 0) is 4.79 Å². The Hall–Kier alpha value is -0.0900. The lowest BCUT2D eigenvalue weighted by Crippen LogP contribution is -2.17. The summed E-state index contributed by atoms with van der Waals surface area (Å²) in [6, 6.07) is 5.17. The maximum Gasteiger partial charge on any atom is 0.253 e. The van der Waals surface area contributed by atoms with Crippen LogP contribution >= 0.6 is 79.5 Å². The molecule has 0 fully saturated rings. The number of aromatic amines is 1. The summed E-state index contributed by atoms with van der Waals surface area (Å²) in [6.07, 6.45) is 0. The van der Waals surface area contributed by atoms with Gasteiger partial charge in [0.1, 0.15) is 5.82 Å². The first kappa shape index (κ1) is 18.3. The smallest absolute Gasteiger partial charge is 0.253 e. The molecule has 0 aliphatic heterocycles. The highest BCUT2D eigenvalue weighted by atomic mass is 127. The van der Waals surface area contributed by atoms with Gasteiger partial charge in [0.25, 0.3) is 5.56 Å². The molecule has 2 aromatic rings. The largest absolute Gasteiger partial charge is 0.383 e. The van der Waals surface area contributed by atoms with Crippen molar-refractivity contribution in [3.63, 3.8) is 0 Å². The summed E-state index contributed by atoms with van der Waals surface area (Å²) in [6.45, 7) is 0. The number of hydrogen-bond donors (Lipinski definition) is 3. The van der Waals surface area contributed by atoms with Gasteiger partial charge in [0.15, 0.2) is 5.16 Å². The van der Waals surface area contributed by atoms with E-state index in [0.29, 0.717) is 5.16 Å². The van der Waals surface area contributed by atoms with Crippen molar-refractivity contribution >= 4 is 96.9 Å². The zero-order valence-electron chi connectivity index (χ0n) is 10.8. The number of halogens is 3. The third kappa shape index (κ3) is 5.23. The number of nitrogens with one attached hydrogen (secondary N) is 2. The third-order valence-corrected chi connectivity index (χ3v) is 5.55. The summed E-state index contributed by atoms with van der Waals surface area (Å²) in [4.78, 5) is 29.8. The minimum atomic E-state index is -0.336. The maximum absolute atomic E-state index is 12.1. The zero-order chi connectivity index (χ0) is 16.3. The fourth-order valence-corrected chi connectivity index (χ4v) is 6.03. The Kier molecular flexibility index (Phi) is 6.75. The fourth-order valence-electron chi connectivity index (χ4n) is 1.49. The summed E-state index contributed by atoms with van der Waals surface area (Å²) in [5.74, 6) is 0.0883. The predicted octanol–water partition coefficient (Wildman–Crippen LogP) is 2.90. The SMILES string of the molecule is Nc1cc(=O)[nH]c(SCC(=O)Nc2c(I)cc(I)cc2I)n1. The van der Waals surface area contributed by atoms with E-state index in [2.05, 4.69) is 83.1 Å². The van der Waals surface area contributed by atoms with Crippen molar-refractivity contribution in [2.24, 2.45) is 0 Å². The second-order valence-electron chi connectivity index (χ2n) is 4.06. The van der Waals surface area contributed by atoms with Crippen LogP contribution in [0.4, 0.5) is 11.5 Å². The predicted molar refractivity (Wildman–Crippen MR) is 113 cm³/mol. The number of thioether (sulfide) groups is 1. The zero-order valence-corrected chi connectivity index (χ0v) is 18.1. The van der Waals surface area contributed by atoms with E-state index in [1.54, 1.807) is 0 Å². The van der Waals surface area contributed by atoms with Crippen LogP contribution in [0.2, 0.25) is 0 Å². The van der Waals surface area contributed by atoms with Gasteiger partial charge in [-0.2, -0.15) is 0 Å². The van der Waals surface area contributed by atoms with Gasteiger partial charge in [0.2, 0.25) is 5.91 Å². The number of hydrogen-bond acceptors (Lipinski definition) is 5. The first-order valence-electron chi connectivity index (χ1n) is 5.79. The Labute approximate surface area is 171 Å². The Morgan fingerprint density at radius 3 is 2.50 bits per heavy atom. The summed E-state index contributed by atoms with van der Waals surface area (Å²) >= 11 is 7.73. The van der Waals surface area contributed by atoms with E-state index >= 15 is 0 Å². The van der Waals surface area contributed by atoms with E-state index in [9.17, 15) is 9.59 Å². The Morgan fingerprint density at radius 1 is 1.27 bits per heavy atom. The van der Waals surface area contributed by atoms with Gasteiger partial charge in [-0.1, -0.05) is 11.8 Å². The van der Waals surface area contributed by atoms with Crippen molar-refractivity contribution in [2.45, 2.75) is 5.16 Å². The van der Waals surface area contributed by atoms with Gasteiger partial charge in [-0.15, -0.1) is 0 Å². The van der Waals surface area contributed by atoms with Crippen molar-refractivity contribution in [2.75, 3.05) is 16.8 Å². The highest BCUT2D eigenvalue weighted by Crippen LogP contribution is 2.27. The minimum Gasteiger partial charge on any atom is -0.383 e. The molecule has 1 aromatic heterocycles. The molecule has 0 unspecified atom stereocenters. The van der Waals surface area contributed by atoms with Crippen molar-refractivity contribution in [1.29, 1.82) is 0 Å². The van der Waals surface area contributed by atoms with Gasteiger partial charge in [0, 0.05) is 16.8 Å². The molecule has 0 saturated heterocycles. The molecule has 2 rings (SSSR count). The summed E-state index contributed by atoms with van der Waals surface area (Å²) in [7, 11) is 0. The number of nitrogens with zero attached hydrogens (tertiary/aromatic N) is 1. The maximum atomic E-state index is 12.1. The fraction of sp³-hybridized carbons (Fsp3) is 0.0833. The monoisotopic (exact) mass is 654 g/mol. The number of aromatic nitrogens is 2. The topological polar surface area (TPSA) is 101 Å². The molecule has 1 aromatic carbocycles. The van der Waals surface area contributed by atoms with Crippen LogP contribution in [-0.4, -0.2) is 21.6 Å². The highest BCUT2D eigenvalue weighted by molar-refractivity contribution is 14.1. The van der Waals surface area contributed by atoms with Crippen LogP contribution in [0.1, 0.15) is 0 Å². The minimum absolute atomic E-state index is 0.130. The molecule has 1 heterocycles. The van der Waals surface area contributed by atoms with Gasteiger partial charge in [-0.05, 0) is 79.9 Å². The molecule has 0 radical (unpaired) electrons. The van der Waals surface area contributed by atoms with E-state index in [4.69, 9.17) is 5.73 Å². The number of benzene rings is 1. The average molecular weight is 654 g/mol. The van der Waals surface area contributed by atoms with Crippen molar-refractivity contribution in [3.8, 4) is 0 Å². The average Bonchev–Trinajstić information content (AvgIpc) is 2.39. The molecule has 0 bridgehead atoms. The molecule has 1 amide bonds. The number of nitrogens with two attached hydrogens (primary N) is 1. The molecule has 0 aliphatic rings. The lowest BCUT2D eigenvalue weighted by molar-refractivity contribution is -0.113. The van der Waals surface area contributed by atoms with Gasteiger partial charge in [0.05, 0.1) is 11.4 Å². The van der Waals surface area contributed by atoms with Crippen LogP contribution in [0.3, 0.4) is 0 Å². The van der Waals surface area contributed by atoms with E-state index in [-0.39, 0.29) is 23.0 Å². The van der Waals surface area contributed by atoms with Crippen LogP contribution in [0.5, 0.6) is 0 Å². The van der Waals surface area contributed by atoms with Crippen molar-refractivity contribution in [3.05, 3.63) is 39.3 Å². The number of anilines is 2. The number of rotatable bonds is 4. The molecule has 0 spiro atoms. The third-order valence-electron chi connectivity index (χ3n) is 2.35. The Bertz CT molecular complexity index is 758. The lowest BCUT2D eigenvalue weighted by atomic mass is 10.3. The van der Waals surface area contributed by atoms with Crippen molar-refractivity contribution < 1.29 is 4.79 Å². The number of H-pyrrole nitrogens is 1. The van der Waals surface area contributed by atoms with E-state index in [1.165, 1.54) is 6.07 Å². The second kappa shape index (κ2) is 8.14. The molecule has 10 heteroatoms. The van der Waals surface area contributed by atoms with E-state index in [0.717, 1.165) is 28.2 Å². The molecule has 116 valence electrons. The van der Waals surface area contributed by atoms with Gasteiger partial charge in [-0.25, -0.2) is 4.98 Å². The number of nitrogen functional groups attached to an aromatic ring is 1. The quantitative estimate of drug-likeness (QED) is 0.268. The number of carbonyl (C=O) groups is 1. The van der Waals surface area contributed by atoms with Gasteiger partial charge in [-0.3, -0.25) is 9.59 Å². The standard InChI is InChI=1S/C12H9I3N4O2S/c13-5-1-6(14)11(7(15)2-5)18-10(21)4-22-12-17-8(16)3-9(20)19-12/h1-3H,4H2,(H,18,21)(H3,16,17,19,20). The molecule has 4 N–H and O–H groups in total. The molecule has 0 atom stereocenters.